The first-order valence-corrected chi connectivity index (χ1v) is 6.68. The van der Waals surface area contributed by atoms with E-state index in [9.17, 15) is 0 Å². The van der Waals surface area contributed by atoms with Gasteiger partial charge in [-0.3, -0.25) is 0 Å². The Morgan fingerprint density at radius 1 is 1.10 bits per heavy atom. The van der Waals surface area contributed by atoms with Gasteiger partial charge in [0.2, 0.25) is 0 Å². The Morgan fingerprint density at radius 2 is 1.86 bits per heavy atom. The number of aromatic nitrogens is 2. The molecule has 2 aromatic heterocycles. The second-order valence-electron chi connectivity index (χ2n) is 4.66. The van der Waals surface area contributed by atoms with Crippen LogP contribution in [0.5, 0.6) is 11.5 Å². The minimum atomic E-state index is 0.684. The van der Waals surface area contributed by atoms with E-state index in [4.69, 9.17) is 9.47 Å². The normalized spacial score (nSPS) is 10.6. The molecule has 0 aliphatic heterocycles. The van der Waals surface area contributed by atoms with E-state index in [0.717, 1.165) is 28.3 Å². The van der Waals surface area contributed by atoms with Crippen LogP contribution in [0.3, 0.4) is 0 Å². The number of hydrogen-bond donors (Lipinski definition) is 1. The fourth-order valence-electron chi connectivity index (χ4n) is 2.23. The third kappa shape index (κ3) is 2.76. The third-order valence-electron chi connectivity index (χ3n) is 3.34. The van der Waals surface area contributed by atoms with E-state index in [0.29, 0.717) is 6.54 Å². The van der Waals surface area contributed by atoms with Crippen LogP contribution >= 0.6 is 0 Å². The van der Waals surface area contributed by atoms with Crippen molar-refractivity contribution >= 4 is 11.2 Å². The zero-order valence-corrected chi connectivity index (χ0v) is 12.0. The highest BCUT2D eigenvalue weighted by Gasteiger charge is 2.05. The Bertz CT molecular complexity index is 730. The molecule has 1 aromatic carbocycles. The van der Waals surface area contributed by atoms with Gasteiger partial charge in [-0.25, -0.2) is 4.52 Å². The predicted molar refractivity (Wildman–Crippen MR) is 82.1 cm³/mol. The van der Waals surface area contributed by atoms with Crippen LogP contribution in [0.4, 0.5) is 5.69 Å². The van der Waals surface area contributed by atoms with Crippen LogP contribution in [0.15, 0.2) is 48.8 Å². The molecule has 0 saturated carbocycles. The summed E-state index contributed by atoms with van der Waals surface area (Å²) in [4.78, 5) is 0. The maximum atomic E-state index is 5.27. The summed E-state index contributed by atoms with van der Waals surface area (Å²) in [7, 11) is 3.29. The van der Waals surface area contributed by atoms with Crippen LogP contribution in [-0.2, 0) is 6.54 Å². The van der Waals surface area contributed by atoms with Crippen molar-refractivity contribution < 1.29 is 9.47 Å². The Kier molecular flexibility index (Phi) is 3.64. The first-order chi connectivity index (χ1) is 10.3. The molecule has 0 bridgehead atoms. The summed E-state index contributed by atoms with van der Waals surface area (Å²) in [6, 6.07) is 11.7. The van der Waals surface area contributed by atoms with Crippen molar-refractivity contribution in [3.8, 4) is 11.5 Å². The summed E-state index contributed by atoms with van der Waals surface area (Å²) in [5.41, 5.74) is 3.18. The smallest absolute Gasteiger partial charge is 0.124 e. The molecule has 5 nitrogen and oxygen atoms in total. The quantitative estimate of drug-likeness (QED) is 0.782. The number of hydrogen-bond acceptors (Lipinski definition) is 4. The highest BCUT2D eigenvalue weighted by Crippen LogP contribution is 2.26. The van der Waals surface area contributed by atoms with Crippen LogP contribution in [0, 0.1) is 0 Å². The lowest BCUT2D eigenvalue weighted by Crippen LogP contribution is -2.00. The number of benzene rings is 1. The number of nitrogens with one attached hydrogen (secondary N) is 1. The van der Waals surface area contributed by atoms with Gasteiger partial charge in [0, 0.05) is 42.2 Å². The number of nitrogens with zero attached hydrogens (tertiary/aromatic N) is 2. The van der Waals surface area contributed by atoms with Gasteiger partial charge in [-0.1, -0.05) is 6.07 Å². The van der Waals surface area contributed by atoms with Gasteiger partial charge < -0.3 is 14.8 Å². The van der Waals surface area contributed by atoms with E-state index in [1.54, 1.807) is 14.2 Å². The lowest BCUT2D eigenvalue weighted by atomic mass is 10.2. The van der Waals surface area contributed by atoms with Gasteiger partial charge in [-0.15, -0.1) is 0 Å². The van der Waals surface area contributed by atoms with Gasteiger partial charge in [0.05, 0.1) is 25.9 Å². The highest BCUT2D eigenvalue weighted by atomic mass is 16.5. The van der Waals surface area contributed by atoms with E-state index in [1.165, 1.54) is 0 Å². The number of anilines is 1. The fourth-order valence-corrected chi connectivity index (χ4v) is 2.23. The zero-order valence-electron chi connectivity index (χ0n) is 12.0. The molecular weight excluding hydrogens is 266 g/mol. The highest BCUT2D eigenvalue weighted by molar-refractivity contribution is 5.57. The molecule has 0 unspecified atom stereocenters. The van der Waals surface area contributed by atoms with E-state index in [2.05, 4.69) is 16.5 Å². The SMILES string of the molecule is COc1cc(NCc2cnn3ccccc23)cc(OC)c1. The fraction of sp³-hybridized carbons (Fsp3) is 0.188. The minimum absolute atomic E-state index is 0.684. The molecule has 2 heterocycles. The monoisotopic (exact) mass is 283 g/mol. The molecule has 5 heteroatoms. The molecule has 0 fully saturated rings. The van der Waals surface area contributed by atoms with E-state index < -0.39 is 0 Å². The summed E-state index contributed by atoms with van der Waals surface area (Å²) in [6.07, 6.45) is 3.81. The lowest BCUT2D eigenvalue weighted by Gasteiger charge is -2.10. The van der Waals surface area contributed by atoms with Crippen LogP contribution in [-0.4, -0.2) is 23.8 Å². The maximum absolute atomic E-state index is 5.27. The molecule has 0 spiro atoms. The molecule has 3 aromatic rings. The summed E-state index contributed by atoms with van der Waals surface area (Å²) in [5, 5.41) is 7.70. The predicted octanol–water partition coefficient (Wildman–Crippen LogP) is 2.96. The van der Waals surface area contributed by atoms with Crippen LogP contribution in [0.25, 0.3) is 5.52 Å². The van der Waals surface area contributed by atoms with Crippen molar-refractivity contribution in [3.63, 3.8) is 0 Å². The summed E-state index contributed by atoms with van der Waals surface area (Å²) in [6.45, 7) is 0.684. The van der Waals surface area contributed by atoms with Gasteiger partial charge in [0.1, 0.15) is 11.5 Å². The second-order valence-corrected chi connectivity index (χ2v) is 4.66. The first kappa shape index (κ1) is 13.3. The molecular formula is C16H17N3O2. The average Bonchev–Trinajstić information content (AvgIpc) is 2.95. The maximum Gasteiger partial charge on any atom is 0.124 e. The number of methoxy groups -OCH3 is 2. The van der Waals surface area contributed by atoms with Gasteiger partial charge in [0.25, 0.3) is 0 Å². The molecule has 0 amide bonds. The van der Waals surface area contributed by atoms with Crippen LogP contribution in [0.1, 0.15) is 5.56 Å². The number of rotatable bonds is 5. The molecule has 0 aliphatic carbocycles. The summed E-state index contributed by atoms with van der Waals surface area (Å²) >= 11 is 0. The van der Waals surface area contributed by atoms with Crippen LogP contribution in [0.2, 0.25) is 0 Å². The minimum Gasteiger partial charge on any atom is -0.497 e. The first-order valence-electron chi connectivity index (χ1n) is 6.68. The molecule has 0 atom stereocenters. The second kappa shape index (κ2) is 5.75. The third-order valence-corrected chi connectivity index (χ3v) is 3.34. The van der Waals surface area contributed by atoms with E-state index in [1.807, 2.05) is 47.2 Å². The molecule has 0 saturated heterocycles. The Balaban J connectivity index is 1.81. The van der Waals surface area contributed by atoms with Gasteiger partial charge >= 0.3 is 0 Å². The van der Waals surface area contributed by atoms with Crippen LogP contribution < -0.4 is 14.8 Å². The molecule has 0 radical (unpaired) electrons. The van der Waals surface area contributed by atoms with E-state index >= 15 is 0 Å². The summed E-state index contributed by atoms with van der Waals surface area (Å²) in [5.74, 6) is 1.52. The Labute approximate surface area is 123 Å². The lowest BCUT2D eigenvalue weighted by molar-refractivity contribution is 0.394. The van der Waals surface area contributed by atoms with E-state index in [-0.39, 0.29) is 0 Å². The van der Waals surface area contributed by atoms with Crippen molar-refractivity contribution in [2.45, 2.75) is 6.54 Å². The number of pyridine rings is 1. The number of fused-ring (bicyclic) bond motifs is 1. The van der Waals surface area contributed by atoms with Crippen molar-refractivity contribution in [1.29, 1.82) is 0 Å². The van der Waals surface area contributed by atoms with Gasteiger partial charge in [0.15, 0.2) is 0 Å². The standard InChI is InChI=1S/C16H17N3O2/c1-20-14-7-13(8-15(9-14)21-2)17-10-12-11-18-19-6-4-3-5-16(12)19/h3-9,11,17H,10H2,1-2H3. The Hall–Kier alpha value is -2.69. The largest absolute Gasteiger partial charge is 0.497 e. The van der Waals surface area contributed by atoms with Crippen molar-refractivity contribution in [3.05, 3.63) is 54.4 Å². The van der Waals surface area contributed by atoms with Gasteiger partial charge in [-0.05, 0) is 12.1 Å². The molecule has 21 heavy (non-hydrogen) atoms. The molecule has 1 N–H and O–H groups in total. The van der Waals surface area contributed by atoms with Crippen molar-refractivity contribution in [2.24, 2.45) is 0 Å². The molecule has 3 rings (SSSR count). The van der Waals surface area contributed by atoms with Crippen molar-refractivity contribution in [2.75, 3.05) is 19.5 Å². The Morgan fingerprint density at radius 3 is 2.57 bits per heavy atom. The summed E-state index contributed by atoms with van der Waals surface area (Å²) < 4.78 is 12.4. The van der Waals surface area contributed by atoms with Gasteiger partial charge in [-0.2, -0.15) is 5.10 Å². The number of ether oxygens (including phenoxy) is 2. The van der Waals surface area contributed by atoms with Crippen molar-refractivity contribution in [1.82, 2.24) is 9.61 Å². The average molecular weight is 283 g/mol. The zero-order chi connectivity index (χ0) is 14.7. The molecule has 108 valence electrons. The molecule has 0 aliphatic rings. The topological polar surface area (TPSA) is 47.8 Å².